The third-order valence-corrected chi connectivity index (χ3v) is 9.61. The largest absolute Gasteiger partial charge is 0.310 e. The van der Waals surface area contributed by atoms with Gasteiger partial charge < -0.3 is 9.47 Å². The molecule has 0 bridgehead atoms. The average molecular weight is 639 g/mol. The van der Waals surface area contributed by atoms with Crippen LogP contribution in [0.5, 0.6) is 0 Å². The number of aromatic nitrogens is 1. The molecule has 0 saturated carbocycles. The second-order valence-corrected chi connectivity index (χ2v) is 12.6. The summed E-state index contributed by atoms with van der Waals surface area (Å²) in [5.41, 5.74) is 14.0. The van der Waals surface area contributed by atoms with Crippen molar-refractivity contribution in [2.45, 2.75) is 0 Å². The molecule has 0 aliphatic carbocycles. The van der Waals surface area contributed by atoms with Crippen LogP contribution < -0.4 is 4.90 Å². The Bertz CT molecular complexity index is 2470. The van der Waals surface area contributed by atoms with E-state index in [0.717, 1.165) is 22.7 Å². The van der Waals surface area contributed by atoms with Crippen LogP contribution in [-0.2, 0) is 0 Å². The van der Waals surface area contributed by atoms with Gasteiger partial charge in [0.2, 0.25) is 0 Å². The monoisotopic (exact) mass is 638 g/mol. The predicted molar refractivity (Wildman–Crippen MR) is 212 cm³/mol. The van der Waals surface area contributed by atoms with Gasteiger partial charge in [0.15, 0.2) is 0 Å². The lowest BCUT2D eigenvalue weighted by atomic mass is 9.99. The van der Waals surface area contributed by atoms with Crippen LogP contribution >= 0.6 is 0 Å². The third-order valence-electron chi connectivity index (χ3n) is 9.61. The van der Waals surface area contributed by atoms with E-state index in [-0.39, 0.29) is 0 Å². The van der Waals surface area contributed by atoms with E-state index in [0.29, 0.717) is 0 Å². The van der Waals surface area contributed by atoms with Crippen LogP contribution in [0.4, 0.5) is 17.1 Å². The molecular formula is C48H34N2. The smallest absolute Gasteiger partial charge is 0.0547 e. The Kier molecular flexibility index (Phi) is 7.53. The molecule has 0 fully saturated rings. The van der Waals surface area contributed by atoms with Gasteiger partial charge in [0.25, 0.3) is 0 Å². The molecule has 0 atom stereocenters. The number of hydrogen-bond donors (Lipinski definition) is 0. The van der Waals surface area contributed by atoms with E-state index in [1.165, 1.54) is 55.2 Å². The van der Waals surface area contributed by atoms with Crippen molar-refractivity contribution in [2.75, 3.05) is 4.90 Å². The molecule has 0 aliphatic rings. The van der Waals surface area contributed by atoms with Crippen molar-refractivity contribution >= 4 is 38.9 Å². The Hall–Kier alpha value is -6.64. The summed E-state index contributed by atoms with van der Waals surface area (Å²) in [5.74, 6) is 0. The normalized spacial score (nSPS) is 11.2. The van der Waals surface area contributed by atoms with E-state index in [4.69, 9.17) is 0 Å². The van der Waals surface area contributed by atoms with E-state index in [9.17, 15) is 0 Å². The fourth-order valence-electron chi connectivity index (χ4n) is 7.20. The summed E-state index contributed by atoms with van der Waals surface area (Å²) in [6.07, 6.45) is 0. The SMILES string of the molecule is c1ccc(-c2ccc(N(c3ccc(-c4ccccc4)cc3)c3ccccc3-c3ccc4c5ccccc5n(-c5ccccc5)c4c3)cc2)cc1. The zero-order chi connectivity index (χ0) is 33.3. The van der Waals surface area contributed by atoms with Gasteiger partial charge in [-0.05, 0) is 82.4 Å². The summed E-state index contributed by atoms with van der Waals surface area (Å²) in [6, 6.07) is 74.0. The maximum Gasteiger partial charge on any atom is 0.0547 e. The molecule has 0 aliphatic heterocycles. The van der Waals surface area contributed by atoms with Gasteiger partial charge >= 0.3 is 0 Å². The Morgan fingerprint density at radius 2 is 0.780 bits per heavy atom. The van der Waals surface area contributed by atoms with Crippen LogP contribution in [0.1, 0.15) is 0 Å². The molecule has 50 heavy (non-hydrogen) atoms. The molecule has 0 unspecified atom stereocenters. The van der Waals surface area contributed by atoms with Crippen LogP contribution in [0.15, 0.2) is 206 Å². The highest BCUT2D eigenvalue weighted by molar-refractivity contribution is 6.10. The van der Waals surface area contributed by atoms with Gasteiger partial charge in [0.1, 0.15) is 0 Å². The van der Waals surface area contributed by atoms with E-state index in [2.05, 4.69) is 216 Å². The second-order valence-electron chi connectivity index (χ2n) is 12.6. The zero-order valence-electron chi connectivity index (χ0n) is 27.5. The number of benzene rings is 8. The molecule has 2 nitrogen and oxygen atoms in total. The van der Waals surface area contributed by atoms with E-state index >= 15 is 0 Å². The molecule has 1 heterocycles. The molecule has 0 saturated heterocycles. The quantitative estimate of drug-likeness (QED) is 0.169. The Balaban J connectivity index is 1.21. The van der Waals surface area contributed by atoms with Gasteiger partial charge in [0.05, 0.1) is 16.7 Å². The van der Waals surface area contributed by atoms with Gasteiger partial charge in [-0.2, -0.15) is 0 Å². The Morgan fingerprint density at radius 1 is 0.320 bits per heavy atom. The summed E-state index contributed by atoms with van der Waals surface area (Å²) in [5, 5.41) is 2.50. The molecule has 236 valence electrons. The molecule has 0 radical (unpaired) electrons. The molecule has 0 amide bonds. The molecule has 0 N–H and O–H groups in total. The maximum atomic E-state index is 2.39. The highest BCUT2D eigenvalue weighted by Crippen LogP contribution is 2.43. The average Bonchev–Trinajstić information content (AvgIpc) is 3.53. The first kappa shape index (κ1) is 29.5. The van der Waals surface area contributed by atoms with Crippen molar-refractivity contribution in [3.8, 4) is 39.1 Å². The summed E-state index contributed by atoms with van der Waals surface area (Å²) >= 11 is 0. The predicted octanol–water partition coefficient (Wildman–Crippen LogP) is 13.3. The fraction of sp³-hybridized carbons (Fsp3) is 0. The minimum Gasteiger partial charge on any atom is -0.310 e. The van der Waals surface area contributed by atoms with Crippen LogP contribution in [0, 0.1) is 0 Å². The van der Waals surface area contributed by atoms with E-state index in [1.807, 2.05) is 0 Å². The first-order valence-corrected chi connectivity index (χ1v) is 17.1. The number of fused-ring (bicyclic) bond motifs is 3. The summed E-state index contributed by atoms with van der Waals surface area (Å²) < 4.78 is 2.39. The van der Waals surface area contributed by atoms with Crippen molar-refractivity contribution in [3.05, 3.63) is 206 Å². The standard InChI is InChI=1S/C48H34N2/c1-4-14-35(15-5-1)37-24-29-41(30-25-37)49(42-31-26-38(27-32-42)36-16-6-2-7-17-36)46-22-12-10-20-43(46)39-28-33-45-44-21-11-13-23-47(44)50(48(45)34-39)40-18-8-3-9-19-40/h1-34H. The second kappa shape index (κ2) is 12.8. The van der Waals surface area contributed by atoms with Crippen molar-refractivity contribution in [2.24, 2.45) is 0 Å². The molecule has 9 rings (SSSR count). The van der Waals surface area contributed by atoms with Crippen LogP contribution in [0.2, 0.25) is 0 Å². The maximum absolute atomic E-state index is 2.39. The molecule has 2 heteroatoms. The number of anilines is 3. The van der Waals surface area contributed by atoms with E-state index < -0.39 is 0 Å². The van der Waals surface area contributed by atoms with Gasteiger partial charge in [0, 0.05) is 33.4 Å². The first-order valence-electron chi connectivity index (χ1n) is 17.1. The minimum atomic E-state index is 1.10. The Labute approximate surface area is 292 Å². The van der Waals surface area contributed by atoms with Gasteiger partial charge in [-0.3, -0.25) is 0 Å². The highest BCUT2D eigenvalue weighted by Gasteiger charge is 2.19. The summed E-state index contributed by atoms with van der Waals surface area (Å²) in [7, 11) is 0. The van der Waals surface area contributed by atoms with Crippen molar-refractivity contribution < 1.29 is 0 Å². The van der Waals surface area contributed by atoms with Gasteiger partial charge in [-0.15, -0.1) is 0 Å². The molecule has 9 aromatic rings. The van der Waals surface area contributed by atoms with E-state index in [1.54, 1.807) is 0 Å². The minimum absolute atomic E-state index is 1.10. The summed E-state index contributed by atoms with van der Waals surface area (Å²) in [4.78, 5) is 2.38. The van der Waals surface area contributed by atoms with Crippen LogP contribution in [0.3, 0.4) is 0 Å². The van der Waals surface area contributed by atoms with Gasteiger partial charge in [-0.25, -0.2) is 0 Å². The lowest BCUT2D eigenvalue weighted by Crippen LogP contribution is -2.11. The third kappa shape index (κ3) is 5.34. The molecular weight excluding hydrogens is 605 g/mol. The zero-order valence-corrected chi connectivity index (χ0v) is 27.5. The highest BCUT2D eigenvalue weighted by atomic mass is 15.1. The van der Waals surface area contributed by atoms with Crippen LogP contribution in [-0.4, -0.2) is 4.57 Å². The molecule has 8 aromatic carbocycles. The topological polar surface area (TPSA) is 8.17 Å². The fourth-order valence-corrected chi connectivity index (χ4v) is 7.20. The Morgan fingerprint density at radius 3 is 1.40 bits per heavy atom. The lowest BCUT2D eigenvalue weighted by molar-refractivity contribution is 1.18. The lowest BCUT2D eigenvalue weighted by Gasteiger charge is -2.28. The van der Waals surface area contributed by atoms with Crippen molar-refractivity contribution in [1.29, 1.82) is 0 Å². The van der Waals surface area contributed by atoms with Crippen molar-refractivity contribution in [3.63, 3.8) is 0 Å². The molecule has 0 spiro atoms. The van der Waals surface area contributed by atoms with Crippen LogP contribution in [0.25, 0.3) is 60.9 Å². The first-order chi connectivity index (χ1) is 24.8. The van der Waals surface area contributed by atoms with Gasteiger partial charge in [-0.1, -0.05) is 152 Å². The van der Waals surface area contributed by atoms with Crippen molar-refractivity contribution in [1.82, 2.24) is 4.57 Å². The number of hydrogen-bond acceptors (Lipinski definition) is 1. The number of rotatable bonds is 7. The molecule has 1 aromatic heterocycles. The summed E-state index contributed by atoms with van der Waals surface area (Å²) in [6.45, 7) is 0. The number of para-hydroxylation sites is 3. The number of nitrogens with zero attached hydrogens (tertiary/aromatic N) is 2.